The molecule has 162 valence electrons. The van der Waals surface area contributed by atoms with E-state index in [9.17, 15) is 13.6 Å². The Morgan fingerprint density at radius 2 is 2.03 bits per heavy atom. The lowest BCUT2D eigenvalue weighted by atomic mass is 10.1. The first-order valence-electron chi connectivity index (χ1n) is 9.59. The van der Waals surface area contributed by atoms with Gasteiger partial charge < -0.3 is 14.8 Å². The van der Waals surface area contributed by atoms with Crippen LogP contribution in [0.5, 0.6) is 5.75 Å². The van der Waals surface area contributed by atoms with Crippen molar-refractivity contribution < 1.29 is 23.0 Å². The van der Waals surface area contributed by atoms with Gasteiger partial charge in [0, 0.05) is 37.5 Å². The Kier molecular flexibility index (Phi) is 7.15. The first-order chi connectivity index (χ1) is 14.9. The van der Waals surface area contributed by atoms with Gasteiger partial charge in [0.1, 0.15) is 11.9 Å². The number of nitrogens with one attached hydrogen (secondary N) is 1. The molecule has 0 aliphatic carbocycles. The quantitative estimate of drug-likeness (QED) is 0.537. The lowest BCUT2D eigenvalue weighted by molar-refractivity contribution is 0.0917. The molecule has 3 rings (SSSR count). The summed E-state index contributed by atoms with van der Waals surface area (Å²) in [5.41, 5.74) is 1.00. The molecule has 1 atom stereocenters. The van der Waals surface area contributed by atoms with E-state index in [-0.39, 0.29) is 17.6 Å². The van der Waals surface area contributed by atoms with E-state index < -0.39 is 11.6 Å². The van der Waals surface area contributed by atoms with Gasteiger partial charge >= 0.3 is 0 Å². The molecular formula is C23H23F2N3O3. The van der Waals surface area contributed by atoms with E-state index >= 15 is 0 Å². The molecule has 1 heterocycles. The summed E-state index contributed by atoms with van der Waals surface area (Å²) in [7, 11) is 3.31. The molecule has 31 heavy (non-hydrogen) atoms. The van der Waals surface area contributed by atoms with Crippen LogP contribution in [0.1, 0.15) is 28.4 Å². The van der Waals surface area contributed by atoms with Gasteiger partial charge in [-0.15, -0.1) is 0 Å². The number of aryl methyl sites for hydroxylation is 1. The second-order valence-corrected chi connectivity index (χ2v) is 6.98. The molecule has 1 amide bonds. The van der Waals surface area contributed by atoms with Gasteiger partial charge in [0.25, 0.3) is 5.91 Å². The molecule has 0 saturated carbocycles. The molecule has 8 heteroatoms. The molecular weight excluding hydrogens is 404 g/mol. The van der Waals surface area contributed by atoms with Crippen molar-refractivity contribution >= 4 is 23.9 Å². The predicted molar refractivity (Wildman–Crippen MR) is 115 cm³/mol. The molecule has 1 aromatic heterocycles. The van der Waals surface area contributed by atoms with Crippen LogP contribution in [-0.2, 0) is 11.8 Å². The molecule has 0 aliphatic rings. The van der Waals surface area contributed by atoms with Crippen molar-refractivity contribution in [1.29, 1.82) is 0 Å². The highest BCUT2D eigenvalue weighted by molar-refractivity contribution is 6.04. The van der Waals surface area contributed by atoms with Crippen molar-refractivity contribution in [3.8, 4) is 5.75 Å². The van der Waals surface area contributed by atoms with Gasteiger partial charge in [-0.2, -0.15) is 5.10 Å². The van der Waals surface area contributed by atoms with E-state index in [4.69, 9.17) is 9.47 Å². The number of methoxy groups -OCH3 is 1. The minimum Gasteiger partial charge on any atom is -0.488 e. The van der Waals surface area contributed by atoms with Crippen molar-refractivity contribution in [2.24, 2.45) is 7.05 Å². The number of anilines is 1. The molecule has 1 N–H and O–H groups in total. The first-order valence-corrected chi connectivity index (χ1v) is 9.59. The fourth-order valence-corrected chi connectivity index (χ4v) is 2.92. The Labute approximate surface area is 179 Å². The Balaban J connectivity index is 1.91. The third-order valence-corrected chi connectivity index (χ3v) is 4.32. The minimum atomic E-state index is -0.937. The average molecular weight is 427 g/mol. The van der Waals surface area contributed by atoms with Crippen LogP contribution in [0.2, 0.25) is 0 Å². The molecule has 6 nitrogen and oxygen atoms in total. The monoisotopic (exact) mass is 427 g/mol. The average Bonchev–Trinajstić information content (AvgIpc) is 3.13. The fourth-order valence-electron chi connectivity index (χ4n) is 2.92. The molecule has 0 unspecified atom stereocenters. The molecule has 0 saturated heterocycles. The van der Waals surface area contributed by atoms with Crippen LogP contribution >= 0.6 is 0 Å². The number of carbonyl (C=O) groups is 1. The molecule has 0 spiro atoms. The summed E-state index contributed by atoms with van der Waals surface area (Å²) in [4.78, 5) is 12.7. The van der Waals surface area contributed by atoms with Gasteiger partial charge in [-0.25, -0.2) is 8.78 Å². The topological polar surface area (TPSA) is 65.4 Å². The predicted octanol–water partition coefficient (Wildman–Crippen LogP) is 4.53. The molecule has 0 bridgehead atoms. The van der Waals surface area contributed by atoms with Crippen LogP contribution < -0.4 is 10.1 Å². The Bertz CT molecular complexity index is 1100. The largest absolute Gasteiger partial charge is 0.488 e. The van der Waals surface area contributed by atoms with Crippen LogP contribution in [0, 0.1) is 11.6 Å². The summed E-state index contributed by atoms with van der Waals surface area (Å²) >= 11 is 0. The molecule has 2 aromatic carbocycles. The summed E-state index contributed by atoms with van der Waals surface area (Å²) in [5, 5.41) is 6.85. The standard InChI is InChI=1S/C23H23F2N3O3/c1-15(14-30-3)31-19-12-16(7-8-17-5-4-6-20(24)22(17)25)11-18(13-19)23(29)26-21-9-10-28(2)27-21/h4-13,15H,14H2,1-3H3,(H,26,27,29)/t15-/m0/s1. The normalized spacial score (nSPS) is 12.2. The van der Waals surface area contributed by atoms with Crippen LogP contribution in [0.25, 0.3) is 12.2 Å². The maximum Gasteiger partial charge on any atom is 0.257 e. The van der Waals surface area contributed by atoms with E-state index in [0.29, 0.717) is 29.3 Å². The van der Waals surface area contributed by atoms with Crippen molar-refractivity contribution in [3.05, 3.63) is 77.0 Å². The number of carbonyl (C=O) groups excluding carboxylic acids is 1. The zero-order valence-electron chi connectivity index (χ0n) is 17.4. The highest BCUT2D eigenvalue weighted by atomic mass is 19.2. The zero-order chi connectivity index (χ0) is 22.4. The van der Waals surface area contributed by atoms with E-state index in [1.807, 2.05) is 6.92 Å². The summed E-state index contributed by atoms with van der Waals surface area (Å²) in [6.45, 7) is 2.20. The summed E-state index contributed by atoms with van der Waals surface area (Å²) in [6.07, 6.45) is 4.49. The number of benzene rings is 2. The van der Waals surface area contributed by atoms with Gasteiger partial charge in [0.05, 0.1) is 6.61 Å². The maximum atomic E-state index is 14.0. The second-order valence-electron chi connectivity index (χ2n) is 6.98. The number of halogens is 2. The minimum absolute atomic E-state index is 0.0959. The zero-order valence-corrected chi connectivity index (χ0v) is 17.4. The molecule has 0 radical (unpaired) electrons. The Morgan fingerprint density at radius 3 is 2.74 bits per heavy atom. The third kappa shape index (κ3) is 5.99. The molecule has 3 aromatic rings. The van der Waals surface area contributed by atoms with Crippen LogP contribution in [-0.4, -0.2) is 35.5 Å². The van der Waals surface area contributed by atoms with E-state index in [1.165, 1.54) is 18.2 Å². The molecule has 0 fully saturated rings. The number of ether oxygens (including phenoxy) is 2. The third-order valence-electron chi connectivity index (χ3n) is 4.32. The van der Waals surface area contributed by atoms with Crippen molar-refractivity contribution in [2.75, 3.05) is 19.0 Å². The van der Waals surface area contributed by atoms with Crippen molar-refractivity contribution in [1.82, 2.24) is 9.78 Å². The number of amides is 1. The Morgan fingerprint density at radius 1 is 1.23 bits per heavy atom. The van der Waals surface area contributed by atoms with Gasteiger partial charge in [-0.3, -0.25) is 9.48 Å². The van der Waals surface area contributed by atoms with Crippen LogP contribution in [0.4, 0.5) is 14.6 Å². The fraction of sp³-hybridized carbons (Fsp3) is 0.217. The van der Waals surface area contributed by atoms with Crippen LogP contribution in [0.15, 0.2) is 48.7 Å². The van der Waals surface area contributed by atoms with Crippen LogP contribution in [0.3, 0.4) is 0 Å². The number of nitrogens with zero attached hydrogens (tertiary/aromatic N) is 2. The van der Waals surface area contributed by atoms with Gasteiger partial charge in [-0.1, -0.05) is 24.3 Å². The Hall–Kier alpha value is -3.52. The van der Waals surface area contributed by atoms with Gasteiger partial charge in [0.15, 0.2) is 17.5 Å². The smallest absolute Gasteiger partial charge is 0.257 e. The number of hydrogen-bond acceptors (Lipinski definition) is 4. The SMILES string of the molecule is COC[C@H](C)Oc1cc(C=Cc2cccc(F)c2F)cc(C(=O)Nc2ccn(C)n2)c1. The second kappa shape index (κ2) is 9.99. The molecule has 0 aliphatic heterocycles. The van der Waals surface area contributed by atoms with E-state index in [0.717, 1.165) is 6.07 Å². The lowest BCUT2D eigenvalue weighted by Crippen LogP contribution is -2.19. The summed E-state index contributed by atoms with van der Waals surface area (Å²) < 4.78 is 39.9. The highest BCUT2D eigenvalue weighted by Gasteiger charge is 2.13. The summed E-state index contributed by atoms with van der Waals surface area (Å²) in [6, 6.07) is 10.5. The van der Waals surface area contributed by atoms with Crippen molar-refractivity contribution in [3.63, 3.8) is 0 Å². The number of hydrogen-bond donors (Lipinski definition) is 1. The summed E-state index contributed by atoms with van der Waals surface area (Å²) in [5.74, 6) is -1.39. The first kappa shape index (κ1) is 22.2. The maximum absolute atomic E-state index is 14.0. The number of aromatic nitrogens is 2. The van der Waals surface area contributed by atoms with Gasteiger partial charge in [-0.05, 0) is 36.8 Å². The number of rotatable bonds is 8. The van der Waals surface area contributed by atoms with E-state index in [1.54, 1.807) is 55.4 Å². The van der Waals surface area contributed by atoms with Gasteiger partial charge in [0.2, 0.25) is 0 Å². The van der Waals surface area contributed by atoms with Crippen molar-refractivity contribution in [2.45, 2.75) is 13.0 Å². The highest BCUT2D eigenvalue weighted by Crippen LogP contribution is 2.22. The lowest BCUT2D eigenvalue weighted by Gasteiger charge is -2.15. The van der Waals surface area contributed by atoms with E-state index in [2.05, 4.69) is 10.4 Å².